The van der Waals surface area contributed by atoms with Crippen LogP contribution in [-0.4, -0.2) is 0 Å². The third-order valence-electron chi connectivity index (χ3n) is 2.10. The van der Waals surface area contributed by atoms with Gasteiger partial charge in [0.15, 0.2) is 11.5 Å². The molecule has 77 valence electrons. The van der Waals surface area contributed by atoms with Gasteiger partial charge < -0.3 is 14.6 Å². The first-order valence-electron chi connectivity index (χ1n) is 4.46. The third kappa shape index (κ3) is 1.85. The van der Waals surface area contributed by atoms with Crippen molar-refractivity contribution in [3.8, 4) is 11.3 Å². The van der Waals surface area contributed by atoms with E-state index in [1.807, 2.05) is 24.3 Å². The highest BCUT2D eigenvalue weighted by molar-refractivity contribution is 5.59. The fourth-order valence-corrected chi connectivity index (χ4v) is 1.32. The first-order valence-corrected chi connectivity index (χ1v) is 4.46. The van der Waals surface area contributed by atoms with E-state index < -0.39 is 5.82 Å². The Hall–Kier alpha value is -1.81. The predicted octanol–water partition coefficient (Wildman–Crippen LogP) is 1.54. The van der Waals surface area contributed by atoms with Gasteiger partial charge in [-0.3, -0.25) is 0 Å². The van der Waals surface area contributed by atoms with E-state index in [0.29, 0.717) is 12.3 Å². The fraction of sp³-hybridized carbons (Fsp3) is 0.0909. The summed E-state index contributed by atoms with van der Waals surface area (Å²) in [5.74, 6) is -0.137. The van der Waals surface area contributed by atoms with Crippen molar-refractivity contribution in [3.05, 3.63) is 53.1 Å². The highest BCUT2D eigenvalue weighted by Crippen LogP contribution is 2.22. The number of hydrogen-bond donors (Lipinski definition) is 1. The van der Waals surface area contributed by atoms with Crippen molar-refractivity contribution in [2.24, 2.45) is 5.73 Å². The highest BCUT2D eigenvalue weighted by Gasteiger charge is 2.10. The van der Waals surface area contributed by atoms with E-state index in [9.17, 15) is 4.79 Å². The molecular formula is C11H10NO3. The van der Waals surface area contributed by atoms with Crippen LogP contribution in [-0.2, 0) is 6.54 Å². The van der Waals surface area contributed by atoms with Crippen LogP contribution >= 0.6 is 0 Å². The van der Waals surface area contributed by atoms with Crippen molar-refractivity contribution in [2.45, 2.75) is 6.54 Å². The summed E-state index contributed by atoms with van der Waals surface area (Å²) in [6.45, 7) is 4.05. The summed E-state index contributed by atoms with van der Waals surface area (Å²) < 4.78 is 9.53. The first-order chi connectivity index (χ1) is 7.20. The summed E-state index contributed by atoms with van der Waals surface area (Å²) >= 11 is 0. The van der Waals surface area contributed by atoms with Gasteiger partial charge in [0.05, 0.1) is 0 Å². The molecule has 0 saturated carbocycles. The SMILES string of the molecule is [CH2]c1oc(=O)oc1-c1ccc(CN)cc1. The lowest BCUT2D eigenvalue weighted by Gasteiger charge is -1.98. The quantitative estimate of drug-likeness (QED) is 0.805. The molecule has 0 aliphatic carbocycles. The van der Waals surface area contributed by atoms with Gasteiger partial charge in [-0.15, -0.1) is 0 Å². The van der Waals surface area contributed by atoms with Crippen molar-refractivity contribution in [2.75, 3.05) is 0 Å². The molecule has 0 spiro atoms. The lowest BCUT2D eigenvalue weighted by Crippen LogP contribution is -1.95. The van der Waals surface area contributed by atoms with Crippen LogP contribution in [0.4, 0.5) is 0 Å². The van der Waals surface area contributed by atoms with Crippen molar-refractivity contribution in [1.29, 1.82) is 0 Å². The van der Waals surface area contributed by atoms with Gasteiger partial charge in [-0.2, -0.15) is 0 Å². The van der Waals surface area contributed by atoms with E-state index >= 15 is 0 Å². The van der Waals surface area contributed by atoms with Crippen LogP contribution in [0.15, 0.2) is 37.9 Å². The minimum Gasteiger partial charge on any atom is -0.395 e. The van der Waals surface area contributed by atoms with Gasteiger partial charge in [0.2, 0.25) is 0 Å². The van der Waals surface area contributed by atoms with E-state index in [1.54, 1.807) is 0 Å². The Morgan fingerprint density at radius 1 is 1.20 bits per heavy atom. The monoisotopic (exact) mass is 204 g/mol. The Bertz CT molecular complexity index is 507. The Labute approximate surface area is 86.3 Å². The topological polar surface area (TPSA) is 69.4 Å². The lowest BCUT2D eigenvalue weighted by molar-refractivity contribution is 0.385. The van der Waals surface area contributed by atoms with Gasteiger partial charge in [0, 0.05) is 19.0 Å². The lowest BCUT2D eigenvalue weighted by atomic mass is 10.1. The van der Waals surface area contributed by atoms with Crippen LogP contribution in [0.2, 0.25) is 0 Å². The van der Waals surface area contributed by atoms with Crippen LogP contribution in [0, 0.1) is 6.92 Å². The van der Waals surface area contributed by atoms with Crippen LogP contribution < -0.4 is 11.6 Å². The number of benzene rings is 1. The Morgan fingerprint density at radius 3 is 2.33 bits per heavy atom. The van der Waals surface area contributed by atoms with Gasteiger partial charge in [-0.25, -0.2) is 4.79 Å². The van der Waals surface area contributed by atoms with Crippen molar-refractivity contribution >= 4 is 0 Å². The van der Waals surface area contributed by atoms with E-state index in [-0.39, 0.29) is 5.76 Å². The fourth-order valence-electron chi connectivity index (χ4n) is 1.32. The van der Waals surface area contributed by atoms with Gasteiger partial charge in [-0.05, 0) is 5.56 Å². The van der Waals surface area contributed by atoms with Crippen molar-refractivity contribution in [1.82, 2.24) is 0 Å². The molecule has 2 aromatic rings. The molecule has 0 atom stereocenters. The summed E-state index contributed by atoms with van der Waals surface area (Å²) in [7, 11) is 0. The standard InChI is InChI=1S/C11H10NO3/c1-7-10(15-11(13)14-7)9-4-2-8(6-12)3-5-9/h2-5H,1,6,12H2. The molecule has 2 N–H and O–H groups in total. The molecular weight excluding hydrogens is 194 g/mol. The molecule has 1 radical (unpaired) electrons. The summed E-state index contributed by atoms with van der Waals surface area (Å²) in [6, 6.07) is 7.35. The zero-order chi connectivity index (χ0) is 10.8. The van der Waals surface area contributed by atoms with E-state index in [0.717, 1.165) is 11.1 Å². The Balaban J connectivity index is 2.45. The van der Waals surface area contributed by atoms with Gasteiger partial charge in [-0.1, -0.05) is 24.3 Å². The summed E-state index contributed by atoms with van der Waals surface area (Å²) in [5.41, 5.74) is 7.23. The second kappa shape index (κ2) is 3.74. The van der Waals surface area contributed by atoms with E-state index in [4.69, 9.17) is 10.2 Å². The van der Waals surface area contributed by atoms with E-state index in [2.05, 4.69) is 11.3 Å². The minimum atomic E-state index is -0.738. The van der Waals surface area contributed by atoms with Crippen LogP contribution in [0.1, 0.15) is 11.3 Å². The van der Waals surface area contributed by atoms with E-state index in [1.165, 1.54) is 0 Å². The van der Waals surface area contributed by atoms with Gasteiger partial charge in [0.25, 0.3) is 0 Å². The largest absolute Gasteiger partial charge is 0.519 e. The molecule has 2 rings (SSSR count). The molecule has 4 nitrogen and oxygen atoms in total. The molecule has 1 heterocycles. The van der Waals surface area contributed by atoms with Crippen LogP contribution in [0.5, 0.6) is 0 Å². The van der Waals surface area contributed by atoms with Crippen molar-refractivity contribution in [3.63, 3.8) is 0 Å². The summed E-state index contributed by atoms with van der Waals surface area (Å²) in [4.78, 5) is 10.8. The number of rotatable bonds is 2. The minimum absolute atomic E-state index is 0.237. The van der Waals surface area contributed by atoms with Crippen molar-refractivity contribution < 1.29 is 8.83 Å². The number of nitrogens with two attached hydrogens (primary N) is 1. The summed E-state index contributed by atoms with van der Waals surface area (Å²) in [5, 5.41) is 0. The normalized spacial score (nSPS) is 10.5. The van der Waals surface area contributed by atoms with Gasteiger partial charge >= 0.3 is 5.82 Å². The molecule has 0 saturated heterocycles. The molecule has 0 fully saturated rings. The number of hydrogen-bond acceptors (Lipinski definition) is 4. The average Bonchev–Trinajstić information content (AvgIpc) is 2.58. The predicted molar refractivity (Wildman–Crippen MR) is 55.0 cm³/mol. The maximum absolute atomic E-state index is 10.8. The maximum Gasteiger partial charge on any atom is 0.519 e. The maximum atomic E-state index is 10.8. The second-order valence-electron chi connectivity index (χ2n) is 3.11. The molecule has 1 aromatic heterocycles. The molecule has 0 amide bonds. The van der Waals surface area contributed by atoms with Gasteiger partial charge in [0.1, 0.15) is 0 Å². The smallest absolute Gasteiger partial charge is 0.395 e. The molecule has 0 aliphatic heterocycles. The molecule has 0 aliphatic rings. The molecule has 0 unspecified atom stereocenters. The molecule has 0 bridgehead atoms. The van der Waals surface area contributed by atoms with Crippen LogP contribution in [0.3, 0.4) is 0 Å². The summed E-state index contributed by atoms with van der Waals surface area (Å²) in [6.07, 6.45) is 0. The highest BCUT2D eigenvalue weighted by atomic mass is 16.6. The Kier molecular flexibility index (Phi) is 2.43. The second-order valence-corrected chi connectivity index (χ2v) is 3.11. The zero-order valence-corrected chi connectivity index (χ0v) is 8.03. The molecule has 4 heteroatoms. The first kappa shape index (κ1) is 9.73. The molecule has 15 heavy (non-hydrogen) atoms. The third-order valence-corrected chi connectivity index (χ3v) is 2.10. The Morgan fingerprint density at radius 2 is 1.87 bits per heavy atom. The average molecular weight is 204 g/mol. The van der Waals surface area contributed by atoms with Crippen LogP contribution in [0.25, 0.3) is 11.3 Å². The molecule has 1 aromatic carbocycles. The zero-order valence-electron chi connectivity index (χ0n) is 8.03.